The summed E-state index contributed by atoms with van der Waals surface area (Å²) >= 11 is 6.04. The van der Waals surface area contributed by atoms with E-state index in [1.54, 1.807) is 18.2 Å². The second kappa shape index (κ2) is 9.80. The van der Waals surface area contributed by atoms with Crippen LogP contribution < -0.4 is 10.1 Å². The molecule has 2 N–H and O–H groups in total. The van der Waals surface area contributed by atoms with E-state index in [1.807, 2.05) is 12.1 Å². The van der Waals surface area contributed by atoms with Gasteiger partial charge in [0.15, 0.2) is 0 Å². The number of aromatic nitrogens is 1. The highest BCUT2D eigenvalue weighted by Crippen LogP contribution is 2.31. The van der Waals surface area contributed by atoms with Crippen molar-refractivity contribution in [1.29, 1.82) is 0 Å². The first-order valence-corrected chi connectivity index (χ1v) is 11.0. The smallest absolute Gasteiger partial charge is 0.253 e. The first kappa shape index (κ1) is 22.6. The first-order chi connectivity index (χ1) is 14.2. The molecule has 0 radical (unpaired) electrons. The molecule has 5 nitrogen and oxygen atoms in total. The van der Waals surface area contributed by atoms with Crippen LogP contribution in [0.5, 0.6) is 5.88 Å². The minimum Gasteiger partial charge on any atom is -0.477 e. The van der Waals surface area contributed by atoms with Gasteiger partial charge in [-0.25, -0.2) is 4.98 Å². The van der Waals surface area contributed by atoms with E-state index in [4.69, 9.17) is 16.3 Å². The lowest BCUT2D eigenvalue weighted by Crippen LogP contribution is -2.45. The summed E-state index contributed by atoms with van der Waals surface area (Å²) in [4.78, 5) is 17.3. The van der Waals surface area contributed by atoms with Gasteiger partial charge in [0.1, 0.15) is 0 Å². The van der Waals surface area contributed by atoms with Crippen molar-refractivity contribution in [3.05, 3.63) is 47.1 Å². The molecular formula is C24H31ClN2O3. The van der Waals surface area contributed by atoms with E-state index in [-0.39, 0.29) is 17.4 Å². The Morgan fingerprint density at radius 1 is 1.23 bits per heavy atom. The van der Waals surface area contributed by atoms with E-state index in [0.717, 1.165) is 43.2 Å². The third kappa shape index (κ3) is 6.19. The molecular weight excluding hydrogens is 400 g/mol. The molecule has 0 spiro atoms. The predicted molar refractivity (Wildman–Crippen MR) is 120 cm³/mol. The standard InChI is InChI=1S/C24H31ClN2O3/c1-24(2,3)12-13-30-23-19(16-8-10-18(25)11-9-16)14-17(15-26-23)22(29)27-20-6-4-5-7-21(20)28/h8-11,14-15,20-21,28H,4-7,12-13H2,1-3H3,(H,27,29)/t20?,21-/m1/s1. The summed E-state index contributed by atoms with van der Waals surface area (Å²) in [5.74, 6) is 0.265. The molecule has 30 heavy (non-hydrogen) atoms. The van der Waals surface area contributed by atoms with Crippen LogP contribution in [0.15, 0.2) is 36.5 Å². The van der Waals surface area contributed by atoms with Crippen LogP contribution >= 0.6 is 11.6 Å². The minimum absolute atomic E-state index is 0.154. The molecule has 0 saturated heterocycles. The fourth-order valence-corrected chi connectivity index (χ4v) is 3.64. The molecule has 6 heteroatoms. The number of nitrogens with zero attached hydrogens (tertiary/aromatic N) is 1. The van der Waals surface area contributed by atoms with Gasteiger partial charge in [0.05, 0.1) is 24.3 Å². The molecule has 162 valence electrons. The van der Waals surface area contributed by atoms with Gasteiger partial charge in [0.25, 0.3) is 5.91 Å². The van der Waals surface area contributed by atoms with Crippen LogP contribution in [0.4, 0.5) is 0 Å². The number of halogens is 1. The first-order valence-electron chi connectivity index (χ1n) is 10.6. The Labute approximate surface area is 183 Å². The Kier molecular flexibility index (Phi) is 7.37. The number of ether oxygens (including phenoxy) is 1. The maximum atomic E-state index is 12.8. The number of aliphatic hydroxyl groups excluding tert-OH is 1. The summed E-state index contributed by atoms with van der Waals surface area (Å²) in [6, 6.07) is 8.98. The molecule has 1 aromatic carbocycles. The predicted octanol–water partition coefficient (Wildman–Crippen LogP) is 5.25. The van der Waals surface area contributed by atoms with Gasteiger partial charge in [-0.3, -0.25) is 4.79 Å². The Hall–Kier alpha value is -2.11. The van der Waals surface area contributed by atoms with E-state index in [9.17, 15) is 9.90 Å². The van der Waals surface area contributed by atoms with Gasteiger partial charge in [-0.2, -0.15) is 0 Å². The van der Waals surface area contributed by atoms with Crippen molar-refractivity contribution in [3.63, 3.8) is 0 Å². The van der Waals surface area contributed by atoms with Crippen molar-refractivity contribution in [3.8, 4) is 17.0 Å². The molecule has 2 aromatic rings. The van der Waals surface area contributed by atoms with Crippen molar-refractivity contribution in [2.75, 3.05) is 6.61 Å². The highest BCUT2D eigenvalue weighted by atomic mass is 35.5. The van der Waals surface area contributed by atoms with E-state index >= 15 is 0 Å². The SMILES string of the molecule is CC(C)(C)CCOc1ncc(C(=O)NC2CCCC[C@H]2O)cc1-c1ccc(Cl)cc1. The number of rotatable bonds is 6. The van der Waals surface area contributed by atoms with Crippen molar-refractivity contribution in [2.24, 2.45) is 5.41 Å². The highest BCUT2D eigenvalue weighted by Gasteiger charge is 2.25. The summed E-state index contributed by atoms with van der Waals surface area (Å²) in [5, 5.41) is 13.8. The molecule has 1 aliphatic carbocycles. The molecule has 1 amide bonds. The minimum atomic E-state index is -0.494. The van der Waals surface area contributed by atoms with Crippen LogP contribution in [0.25, 0.3) is 11.1 Å². The van der Waals surface area contributed by atoms with Crippen LogP contribution in [-0.2, 0) is 0 Å². The average Bonchev–Trinajstić information content (AvgIpc) is 2.69. The van der Waals surface area contributed by atoms with E-state index in [2.05, 4.69) is 31.1 Å². The van der Waals surface area contributed by atoms with Crippen molar-refractivity contribution in [2.45, 2.75) is 65.0 Å². The number of aliphatic hydroxyl groups is 1. The number of carbonyl (C=O) groups is 1. The maximum Gasteiger partial charge on any atom is 0.253 e. The molecule has 1 unspecified atom stereocenters. The fourth-order valence-electron chi connectivity index (χ4n) is 3.51. The Balaban J connectivity index is 1.83. The summed E-state index contributed by atoms with van der Waals surface area (Å²) < 4.78 is 5.98. The third-order valence-electron chi connectivity index (χ3n) is 5.41. The Bertz CT molecular complexity index is 862. The monoisotopic (exact) mass is 430 g/mol. The van der Waals surface area contributed by atoms with Crippen LogP contribution in [0.2, 0.25) is 5.02 Å². The number of nitrogens with one attached hydrogen (secondary N) is 1. The number of benzene rings is 1. The summed E-state index contributed by atoms with van der Waals surface area (Å²) in [6.07, 6.45) is 5.45. The fraction of sp³-hybridized carbons (Fsp3) is 0.500. The summed E-state index contributed by atoms with van der Waals surface area (Å²) in [6.45, 7) is 7.03. The second-order valence-corrected chi connectivity index (χ2v) is 9.61. The average molecular weight is 431 g/mol. The number of amides is 1. The molecule has 1 aromatic heterocycles. The second-order valence-electron chi connectivity index (χ2n) is 9.17. The molecule has 1 heterocycles. The Morgan fingerprint density at radius 3 is 2.60 bits per heavy atom. The van der Waals surface area contributed by atoms with Crippen molar-refractivity contribution >= 4 is 17.5 Å². The summed E-state index contributed by atoms with van der Waals surface area (Å²) in [7, 11) is 0. The zero-order valence-corrected chi connectivity index (χ0v) is 18.7. The zero-order chi connectivity index (χ0) is 21.7. The maximum absolute atomic E-state index is 12.8. The quantitative estimate of drug-likeness (QED) is 0.656. The van der Waals surface area contributed by atoms with Crippen molar-refractivity contribution < 1.29 is 14.6 Å². The number of hydrogen-bond acceptors (Lipinski definition) is 4. The van der Waals surface area contributed by atoms with Crippen LogP contribution in [0, 0.1) is 5.41 Å². The molecule has 0 aliphatic heterocycles. The lowest BCUT2D eigenvalue weighted by molar-refractivity contribution is 0.0717. The van der Waals surface area contributed by atoms with Crippen LogP contribution in [-0.4, -0.2) is 34.8 Å². The molecule has 2 atom stereocenters. The molecule has 0 bridgehead atoms. The van der Waals surface area contributed by atoms with E-state index in [1.165, 1.54) is 6.20 Å². The molecule has 1 saturated carbocycles. The van der Waals surface area contributed by atoms with Gasteiger partial charge in [-0.05, 0) is 48.4 Å². The highest BCUT2D eigenvalue weighted by molar-refractivity contribution is 6.30. The van der Waals surface area contributed by atoms with Gasteiger partial charge < -0.3 is 15.2 Å². The molecule has 1 fully saturated rings. The van der Waals surface area contributed by atoms with E-state index in [0.29, 0.717) is 23.1 Å². The van der Waals surface area contributed by atoms with Gasteiger partial charge in [-0.1, -0.05) is 57.3 Å². The number of hydrogen-bond donors (Lipinski definition) is 2. The third-order valence-corrected chi connectivity index (χ3v) is 5.66. The number of carbonyl (C=O) groups excluding carboxylic acids is 1. The lowest BCUT2D eigenvalue weighted by atomic mass is 9.92. The number of pyridine rings is 1. The largest absolute Gasteiger partial charge is 0.477 e. The van der Waals surface area contributed by atoms with Gasteiger partial charge in [-0.15, -0.1) is 0 Å². The van der Waals surface area contributed by atoms with E-state index < -0.39 is 6.10 Å². The van der Waals surface area contributed by atoms with Gasteiger partial charge >= 0.3 is 0 Å². The Morgan fingerprint density at radius 2 is 1.93 bits per heavy atom. The van der Waals surface area contributed by atoms with Crippen LogP contribution in [0.1, 0.15) is 63.2 Å². The lowest BCUT2D eigenvalue weighted by Gasteiger charge is -2.28. The topological polar surface area (TPSA) is 71.5 Å². The van der Waals surface area contributed by atoms with Gasteiger partial charge in [0.2, 0.25) is 5.88 Å². The normalized spacial score (nSPS) is 19.4. The molecule has 1 aliphatic rings. The van der Waals surface area contributed by atoms with Crippen molar-refractivity contribution in [1.82, 2.24) is 10.3 Å². The van der Waals surface area contributed by atoms with Crippen LogP contribution in [0.3, 0.4) is 0 Å². The summed E-state index contributed by atoms with van der Waals surface area (Å²) in [5.41, 5.74) is 2.23. The zero-order valence-electron chi connectivity index (χ0n) is 18.0. The van der Waals surface area contributed by atoms with Gasteiger partial charge in [0, 0.05) is 16.8 Å². The molecule has 3 rings (SSSR count).